The summed E-state index contributed by atoms with van der Waals surface area (Å²) in [6.45, 7) is 0. The Morgan fingerprint density at radius 1 is 1.04 bits per heavy atom. The molecule has 0 bridgehead atoms. The lowest BCUT2D eigenvalue weighted by atomic mass is 10.2. The molecule has 0 aliphatic rings. The molecule has 1 amide bonds. The van der Waals surface area contributed by atoms with Crippen LogP contribution in [0.3, 0.4) is 0 Å². The molecule has 0 radical (unpaired) electrons. The number of aromatic nitrogens is 2. The lowest BCUT2D eigenvalue weighted by Crippen LogP contribution is -2.13. The molecule has 2 aromatic carbocycles. The minimum absolute atomic E-state index is 0.317. The molecule has 23 heavy (non-hydrogen) atoms. The highest BCUT2D eigenvalue weighted by molar-refractivity contribution is 9.10. The monoisotopic (exact) mass is 371 g/mol. The van der Waals surface area contributed by atoms with Gasteiger partial charge < -0.3 is 5.32 Å². The van der Waals surface area contributed by atoms with Gasteiger partial charge in [-0.05, 0) is 40.2 Å². The molecule has 0 aliphatic carbocycles. The first-order chi connectivity index (χ1) is 11.1. The van der Waals surface area contributed by atoms with Crippen molar-refractivity contribution < 1.29 is 9.18 Å². The van der Waals surface area contributed by atoms with Crippen molar-refractivity contribution in [2.75, 3.05) is 5.32 Å². The van der Waals surface area contributed by atoms with E-state index < -0.39 is 0 Å². The van der Waals surface area contributed by atoms with Gasteiger partial charge in [-0.2, -0.15) is 0 Å². The smallest absolute Gasteiger partial charge is 0.258 e. The Balaban J connectivity index is 1.79. The maximum atomic E-state index is 13.2. The van der Waals surface area contributed by atoms with E-state index in [0.29, 0.717) is 22.6 Å². The Bertz CT molecular complexity index is 852. The van der Waals surface area contributed by atoms with Crippen LogP contribution in [0.1, 0.15) is 10.4 Å². The number of benzene rings is 2. The summed E-state index contributed by atoms with van der Waals surface area (Å²) >= 11 is 3.36. The van der Waals surface area contributed by atoms with E-state index in [1.807, 2.05) is 18.2 Å². The third kappa shape index (κ3) is 3.60. The number of nitrogens with one attached hydrogen (secondary N) is 1. The van der Waals surface area contributed by atoms with E-state index in [1.54, 1.807) is 18.2 Å². The number of carbonyl (C=O) groups excluding carboxylic acids is 1. The summed E-state index contributed by atoms with van der Waals surface area (Å²) in [6, 6.07) is 13.3. The Morgan fingerprint density at radius 2 is 1.78 bits per heavy atom. The number of halogens is 2. The fraction of sp³-hybridized carbons (Fsp3) is 0. The number of amides is 1. The zero-order chi connectivity index (χ0) is 16.2. The van der Waals surface area contributed by atoms with Gasteiger partial charge in [-0.3, -0.25) is 4.79 Å². The van der Waals surface area contributed by atoms with Gasteiger partial charge in [-0.25, -0.2) is 14.4 Å². The molecule has 1 aromatic heterocycles. The first kappa shape index (κ1) is 15.3. The number of carbonyl (C=O) groups is 1. The molecule has 4 nitrogen and oxygen atoms in total. The molecule has 0 atom stereocenters. The van der Waals surface area contributed by atoms with Gasteiger partial charge in [0, 0.05) is 22.4 Å². The summed E-state index contributed by atoms with van der Waals surface area (Å²) in [6.07, 6.45) is 2.83. The van der Waals surface area contributed by atoms with E-state index in [4.69, 9.17) is 0 Å². The van der Waals surface area contributed by atoms with Crippen LogP contribution in [-0.2, 0) is 0 Å². The molecule has 3 aromatic rings. The van der Waals surface area contributed by atoms with Crippen molar-refractivity contribution in [2.45, 2.75) is 0 Å². The fourth-order valence-corrected chi connectivity index (χ4v) is 2.36. The van der Waals surface area contributed by atoms with E-state index in [1.165, 1.54) is 24.5 Å². The number of rotatable bonds is 3. The van der Waals surface area contributed by atoms with Crippen molar-refractivity contribution in [3.8, 4) is 11.4 Å². The van der Waals surface area contributed by atoms with E-state index in [9.17, 15) is 9.18 Å². The molecule has 1 N–H and O–H groups in total. The molecule has 0 saturated heterocycles. The molecule has 0 fully saturated rings. The predicted octanol–water partition coefficient (Wildman–Crippen LogP) is 4.30. The Labute approximate surface area is 140 Å². The van der Waals surface area contributed by atoms with Crippen molar-refractivity contribution >= 4 is 27.5 Å². The lowest BCUT2D eigenvalue weighted by Gasteiger charge is -2.07. The summed E-state index contributed by atoms with van der Waals surface area (Å²) in [7, 11) is 0. The van der Waals surface area contributed by atoms with Crippen molar-refractivity contribution in [3.05, 3.63) is 76.8 Å². The average Bonchev–Trinajstić information content (AvgIpc) is 2.57. The Hall–Kier alpha value is -2.60. The van der Waals surface area contributed by atoms with Gasteiger partial charge in [0.05, 0.1) is 11.3 Å². The quantitative estimate of drug-likeness (QED) is 0.746. The second kappa shape index (κ2) is 6.66. The van der Waals surface area contributed by atoms with Crippen LogP contribution in [0.15, 0.2) is 65.4 Å². The zero-order valence-corrected chi connectivity index (χ0v) is 13.4. The summed E-state index contributed by atoms with van der Waals surface area (Å²) in [4.78, 5) is 20.4. The zero-order valence-electron chi connectivity index (χ0n) is 11.8. The van der Waals surface area contributed by atoms with Crippen molar-refractivity contribution in [3.63, 3.8) is 0 Å². The van der Waals surface area contributed by atoms with Crippen LogP contribution >= 0.6 is 15.9 Å². The van der Waals surface area contributed by atoms with Gasteiger partial charge in [0.1, 0.15) is 5.82 Å². The molecule has 0 aliphatic heterocycles. The predicted molar refractivity (Wildman–Crippen MR) is 89.5 cm³/mol. The highest BCUT2D eigenvalue weighted by atomic mass is 79.9. The molecule has 6 heteroatoms. The number of hydrogen-bond donors (Lipinski definition) is 1. The minimum Gasteiger partial charge on any atom is -0.321 e. The standard InChI is InChI=1S/C17H11BrFN3O/c18-14-6-1-2-7-15(14)22-17(23)12-9-20-16(21-10-12)11-4-3-5-13(19)8-11/h1-10H,(H,22,23). The Morgan fingerprint density at radius 3 is 2.48 bits per heavy atom. The molecular weight excluding hydrogens is 361 g/mol. The number of hydrogen-bond acceptors (Lipinski definition) is 3. The van der Waals surface area contributed by atoms with Crippen LogP contribution in [-0.4, -0.2) is 15.9 Å². The fourth-order valence-electron chi connectivity index (χ4n) is 1.98. The van der Waals surface area contributed by atoms with Crippen LogP contribution in [0.2, 0.25) is 0 Å². The average molecular weight is 372 g/mol. The van der Waals surface area contributed by atoms with Gasteiger partial charge in [0.15, 0.2) is 5.82 Å². The van der Waals surface area contributed by atoms with Crippen LogP contribution in [0.5, 0.6) is 0 Å². The van der Waals surface area contributed by atoms with E-state index in [0.717, 1.165) is 4.47 Å². The highest BCUT2D eigenvalue weighted by Gasteiger charge is 2.10. The SMILES string of the molecule is O=C(Nc1ccccc1Br)c1cnc(-c2cccc(F)c2)nc1. The molecule has 3 rings (SSSR count). The third-order valence-electron chi connectivity index (χ3n) is 3.12. The van der Waals surface area contributed by atoms with Crippen molar-refractivity contribution in [1.29, 1.82) is 0 Å². The minimum atomic E-state index is -0.359. The Kier molecular flexibility index (Phi) is 4.43. The van der Waals surface area contributed by atoms with Crippen LogP contribution in [0.25, 0.3) is 11.4 Å². The molecule has 0 spiro atoms. The number of nitrogens with zero attached hydrogens (tertiary/aromatic N) is 2. The molecule has 1 heterocycles. The van der Waals surface area contributed by atoms with Crippen molar-refractivity contribution in [2.24, 2.45) is 0 Å². The largest absolute Gasteiger partial charge is 0.321 e. The highest BCUT2D eigenvalue weighted by Crippen LogP contribution is 2.22. The van der Waals surface area contributed by atoms with Gasteiger partial charge in [0.2, 0.25) is 0 Å². The first-order valence-corrected chi connectivity index (χ1v) is 7.56. The third-order valence-corrected chi connectivity index (χ3v) is 3.81. The van der Waals surface area contributed by atoms with E-state index >= 15 is 0 Å². The summed E-state index contributed by atoms with van der Waals surface area (Å²) in [5.74, 6) is -0.313. The topological polar surface area (TPSA) is 54.9 Å². The van der Waals surface area contributed by atoms with Crippen LogP contribution in [0.4, 0.5) is 10.1 Å². The molecule has 0 unspecified atom stereocenters. The van der Waals surface area contributed by atoms with Crippen LogP contribution in [0, 0.1) is 5.82 Å². The summed E-state index contributed by atoms with van der Waals surface area (Å²) < 4.78 is 14.0. The second-order valence-electron chi connectivity index (χ2n) is 4.74. The molecular formula is C17H11BrFN3O. The second-order valence-corrected chi connectivity index (χ2v) is 5.59. The maximum Gasteiger partial charge on any atom is 0.258 e. The summed E-state index contributed by atoms with van der Waals surface area (Å²) in [5.41, 5.74) is 1.54. The van der Waals surface area contributed by atoms with Gasteiger partial charge in [-0.1, -0.05) is 24.3 Å². The normalized spacial score (nSPS) is 10.3. The van der Waals surface area contributed by atoms with Crippen molar-refractivity contribution in [1.82, 2.24) is 9.97 Å². The number of anilines is 1. The first-order valence-electron chi connectivity index (χ1n) is 6.77. The maximum absolute atomic E-state index is 13.2. The van der Waals surface area contributed by atoms with Gasteiger partial charge in [-0.15, -0.1) is 0 Å². The van der Waals surface area contributed by atoms with E-state index in [2.05, 4.69) is 31.2 Å². The lowest BCUT2D eigenvalue weighted by molar-refractivity contribution is 0.102. The summed E-state index contributed by atoms with van der Waals surface area (Å²) in [5, 5.41) is 2.77. The van der Waals surface area contributed by atoms with Gasteiger partial charge >= 0.3 is 0 Å². The van der Waals surface area contributed by atoms with Gasteiger partial charge in [0.25, 0.3) is 5.91 Å². The van der Waals surface area contributed by atoms with E-state index in [-0.39, 0.29) is 11.7 Å². The molecule has 0 saturated carbocycles. The molecule has 114 valence electrons. The van der Waals surface area contributed by atoms with Crippen LogP contribution < -0.4 is 5.32 Å². The number of para-hydroxylation sites is 1.